The monoisotopic (exact) mass is 410 g/mol. The average Bonchev–Trinajstić information content (AvgIpc) is 3.25. The number of benzene rings is 2. The van der Waals surface area contributed by atoms with Crippen molar-refractivity contribution >= 4 is 11.8 Å². The van der Waals surface area contributed by atoms with Crippen LogP contribution in [0.1, 0.15) is 56.6 Å². The Kier molecular flexibility index (Phi) is 8.00. The fourth-order valence-electron chi connectivity index (χ4n) is 4.09. The van der Waals surface area contributed by atoms with E-state index in [0.29, 0.717) is 24.8 Å². The predicted octanol–water partition coefficient (Wildman–Crippen LogP) is 4.62. The Morgan fingerprint density at radius 3 is 2.40 bits per heavy atom. The Morgan fingerprint density at radius 1 is 1.07 bits per heavy atom. The lowest BCUT2D eigenvalue weighted by atomic mass is 10.0. The first-order valence-electron chi connectivity index (χ1n) is 11.0. The van der Waals surface area contributed by atoms with E-state index in [1.165, 1.54) is 6.07 Å². The van der Waals surface area contributed by atoms with Crippen LogP contribution in [0.15, 0.2) is 54.6 Å². The van der Waals surface area contributed by atoms with E-state index in [-0.39, 0.29) is 30.2 Å². The van der Waals surface area contributed by atoms with Gasteiger partial charge in [-0.2, -0.15) is 0 Å². The van der Waals surface area contributed by atoms with Crippen LogP contribution in [0.2, 0.25) is 0 Å². The first kappa shape index (κ1) is 22.0. The molecule has 0 saturated heterocycles. The van der Waals surface area contributed by atoms with E-state index >= 15 is 0 Å². The number of hydrogen-bond donors (Lipinski definition) is 1. The molecule has 5 heteroatoms. The van der Waals surface area contributed by atoms with Crippen molar-refractivity contribution < 1.29 is 14.0 Å². The van der Waals surface area contributed by atoms with Crippen molar-refractivity contribution in [1.82, 2.24) is 10.2 Å². The Bertz CT molecular complexity index is 834. The molecule has 2 amide bonds. The van der Waals surface area contributed by atoms with Gasteiger partial charge in [0.25, 0.3) is 0 Å². The molecule has 0 aromatic heterocycles. The van der Waals surface area contributed by atoms with Gasteiger partial charge in [-0.1, -0.05) is 68.3 Å². The van der Waals surface area contributed by atoms with Gasteiger partial charge in [-0.15, -0.1) is 0 Å². The zero-order chi connectivity index (χ0) is 21.3. The van der Waals surface area contributed by atoms with Crippen molar-refractivity contribution in [2.45, 2.75) is 70.5 Å². The van der Waals surface area contributed by atoms with E-state index < -0.39 is 6.04 Å². The van der Waals surface area contributed by atoms with E-state index in [2.05, 4.69) is 5.32 Å². The first-order valence-corrected chi connectivity index (χ1v) is 11.0. The van der Waals surface area contributed by atoms with Crippen LogP contribution in [0.4, 0.5) is 4.39 Å². The third-order valence-corrected chi connectivity index (χ3v) is 5.74. The number of carbonyl (C=O) groups excluding carboxylic acids is 2. The molecule has 0 radical (unpaired) electrons. The zero-order valence-electron chi connectivity index (χ0n) is 17.6. The quantitative estimate of drug-likeness (QED) is 0.656. The lowest BCUT2D eigenvalue weighted by Gasteiger charge is -2.32. The molecule has 30 heavy (non-hydrogen) atoms. The van der Waals surface area contributed by atoms with Crippen molar-refractivity contribution in [3.8, 4) is 0 Å². The summed E-state index contributed by atoms with van der Waals surface area (Å²) >= 11 is 0. The van der Waals surface area contributed by atoms with Gasteiger partial charge in [-0.3, -0.25) is 9.59 Å². The summed E-state index contributed by atoms with van der Waals surface area (Å²) in [5.74, 6) is -0.628. The maximum Gasteiger partial charge on any atom is 0.243 e. The number of nitrogens with zero attached hydrogens (tertiary/aromatic N) is 1. The van der Waals surface area contributed by atoms with Crippen LogP contribution in [-0.2, 0) is 22.6 Å². The second kappa shape index (κ2) is 10.9. The van der Waals surface area contributed by atoms with Crippen LogP contribution in [-0.4, -0.2) is 28.8 Å². The lowest BCUT2D eigenvalue weighted by molar-refractivity contribution is -0.141. The third-order valence-electron chi connectivity index (χ3n) is 5.74. The molecule has 2 aromatic rings. The summed E-state index contributed by atoms with van der Waals surface area (Å²) in [6.45, 7) is 2.02. The number of halogens is 1. The summed E-state index contributed by atoms with van der Waals surface area (Å²) in [6, 6.07) is 15.6. The van der Waals surface area contributed by atoms with Gasteiger partial charge < -0.3 is 10.2 Å². The highest BCUT2D eigenvalue weighted by Gasteiger charge is 2.32. The smallest absolute Gasteiger partial charge is 0.243 e. The predicted molar refractivity (Wildman–Crippen MR) is 116 cm³/mol. The molecular formula is C25H31FN2O2. The van der Waals surface area contributed by atoms with Crippen LogP contribution >= 0.6 is 0 Å². The van der Waals surface area contributed by atoms with E-state index in [0.717, 1.165) is 31.2 Å². The highest BCUT2D eigenvalue weighted by Crippen LogP contribution is 2.21. The topological polar surface area (TPSA) is 49.4 Å². The minimum atomic E-state index is -0.674. The Hall–Kier alpha value is -2.69. The molecule has 0 heterocycles. The van der Waals surface area contributed by atoms with E-state index in [1.807, 2.05) is 37.3 Å². The lowest BCUT2D eigenvalue weighted by Crippen LogP contribution is -2.52. The summed E-state index contributed by atoms with van der Waals surface area (Å²) in [5.41, 5.74) is 1.40. The van der Waals surface area contributed by atoms with Crippen molar-refractivity contribution in [2.24, 2.45) is 0 Å². The van der Waals surface area contributed by atoms with Crippen molar-refractivity contribution in [3.63, 3.8) is 0 Å². The fraction of sp³-hybridized carbons (Fsp3) is 0.440. The van der Waals surface area contributed by atoms with Crippen molar-refractivity contribution in [3.05, 3.63) is 71.5 Å². The minimum absolute atomic E-state index is 0.0844. The molecule has 1 saturated carbocycles. The summed E-state index contributed by atoms with van der Waals surface area (Å²) in [4.78, 5) is 28.0. The third kappa shape index (κ3) is 5.91. The molecule has 160 valence electrons. The highest BCUT2D eigenvalue weighted by atomic mass is 19.1. The molecule has 1 atom stereocenters. The Balaban J connectivity index is 1.90. The molecule has 2 aromatic carbocycles. The van der Waals surface area contributed by atoms with E-state index in [1.54, 1.807) is 23.1 Å². The van der Waals surface area contributed by atoms with Crippen LogP contribution in [0.5, 0.6) is 0 Å². The highest BCUT2D eigenvalue weighted by molar-refractivity contribution is 5.88. The zero-order valence-corrected chi connectivity index (χ0v) is 17.6. The van der Waals surface area contributed by atoms with Crippen molar-refractivity contribution in [1.29, 1.82) is 0 Å². The SMILES string of the molecule is CCCC(=O)N(Cc1ccccc1F)[C@@H](Cc1ccccc1)C(=O)NC1CCCC1. The standard InChI is InChI=1S/C25H31FN2O2/c1-2-10-24(29)28(18-20-13-6-9-16-22(20)26)23(17-19-11-4-3-5-12-19)25(30)27-21-14-7-8-15-21/h3-6,9,11-13,16,21,23H,2,7-8,10,14-15,17-18H2,1H3,(H,27,30)/t23-/m0/s1. The molecule has 1 N–H and O–H groups in total. The summed E-state index contributed by atoms with van der Waals surface area (Å²) in [5, 5.41) is 3.15. The Labute approximate surface area is 178 Å². The van der Waals surface area contributed by atoms with Gasteiger partial charge in [0.05, 0.1) is 0 Å². The number of carbonyl (C=O) groups is 2. The number of amides is 2. The average molecular weight is 411 g/mol. The normalized spacial score (nSPS) is 15.0. The van der Waals surface area contributed by atoms with Crippen LogP contribution in [0, 0.1) is 5.82 Å². The van der Waals surface area contributed by atoms with Crippen LogP contribution < -0.4 is 5.32 Å². The molecule has 4 nitrogen and oxygen atoms in total. The largest absolute Gasteiger partial charge is 0.352 e. The number of hydrogen-bond acceptors (Lipinski definition) is 2. The van der Waals surface area contributed by atoms with Crippen molar-refractivity contribution in [2.75, 3.05) is 0 Å². The number of nitrogens with one attached hydrogen (secondary N) is 1. The van der Waals surface area contributed by atoms with Crippen LogP contribution in [0.3, 0.4) is 0 Å². The van der Waals surface area contributed by atoms with Gasteiger partial charge in [0, 0.05) is 31.0 Å². The second-order valence-electron chi connectivity index (χ2n) is 8.06. The number of rotatable bonds is 9. The van der Waals surface area contributed by atoms with Gasteiger partial charge in [0.1, 0.15) is 11.9 Å². The maximum atomic E-state index is 14.4. The molecule has 0 aliphatic heterocycles. The molecule has 3 rings (SSSR count). The minimum Gasteiger partial charge on any atom is -0.352 e. The van der Waals surface area contributed by atoms with E-state index in [4.69, 9.17) is 0 Å². The van der Waals surface area contributed by atoms with Gasteiger partial charge in [-0.05, 0) is 30.9 Å². The summed E-state index contributed by atoms with van der Waals surface area (Å²) in [6.07, 6.45) is 5.58. The second-order valence-corrected chi connectivity index (χ2v) is 8.06. The molecule has 0 unspecified atom stereocenters. The summed E-state index contributed by atoms with van der Waals surface area (Å²) < 4.78 is 14.4. The van der Waals surface area contributed by atoms with Gasteiger partial charge in [0.2, 0.25) is 11.8 Å². The van der Waals surface area contributed by atoms with Gasteiger partial charge in [0.15, 0.2) is 0 Å². The first-order chi connectivity index (χ1) is 14.6. The Morgan fingerprint density at radius 2 is 1.73 bits per heavy atom. The van der Waals surface area contributed by atoms with Crippen LogP contribution in [0.25, 0.3) is 0 Å². The molecule has 0 spiro atoms. The molecule has 1 aliphatic carbocycles. The van der Waals surface area contributed by atoms with Gasteiger partial charge >= 0.3 is 0 Å². The molecule has 1 aliphatic rings. The van der Waals surface area contributed by atoms with E-state index in [9.17, 15) is 14.0 Å². The molecule has 1 fully saturated rings. The maximum absolute atomic E-state index is 14.4. The summed E-state index contributed by atoms with van der Waals surface area (Å²) in [7, 11) is 0. The van der Waals surface area contributed by atoms with Gasteiger partial charge in [-0.25, -0.2) is 4.39 Å². The molecule has 0 bridgehead atoms. The fourth-order valence-corrected chi connectivity index (χ4v) is 4.09. The molecular weight excluding hydrogens is 379 g/mol.